The SMILES string of the molecule is CC(=O)N1CCC(C(=O)N2C[C@H](c3ccc(F)cn3)[C@H](N(C)C(=O)N(C)c3cc(C(F)(F)F)cc(C(F)(F)F)c3)C2)CC1. The molecule has 0 N–H and O–H groups in total. The third kappa shape index (κ3) is 7.02. The zero-order chi connectivity index (χ0) is 31.9. The third-order valence-corrected chi connectivity index (χ3v) is 8.07. The second kappa shape index (κ2) is 12.0. The maximum absolute atomic E-state index is 13.6. The van der Waals surface area contributed by atoms with Crippen LogP contribution in [-0.4, -0.2) is 83.8 Å². The van der Waals surface area contributed by atoms with Crippen LogP contribution in [0.2, 0.25) is 0 Å². The van der Waals surface area contributed by atoms with Gasteiger partial charge in [0.2, 0.25) is 11.8 Å². The zero-order valence-corrected chi connectivity index (χ0v) is 23.5. The highest BCUT2D eigenvalue weighted by atomic mass is 19.4. The predicted octanol–water partition coefficient (Wildman–Crippen LogP) is 5.00. The molecule has 4 amide bonds. The number of halogens is 7. The van der Waals surface area contributed by atoms with E-state index >= 15 is 0 Å². The normalized spacial score (nSPS) is 19.9. The van der Waals surface area contributed by atoms with Crippen molar-refractivity contribution in [3.05, 3.63) is 59.2 Å². The van der Waals surface area contributed by atoms with Crippen LogP contribution in [0.1, 0.15) is 42.5 Å². The first kappa shape index (κ1) is 32.0. The molecule has 0 saturated carbocycles. The van der Waals surface area contributed by atoms with E-state index < -0.39 is 53.0 Å². The fourth-order valence-electron chi connectivity index (χ4n) is 5.58. The summed E-state index contributed by atoms with van der Waals surface area (Å²) in [5.74, 6) is -1.93. The standard InChI is InChI=1S/C28H30F7N5O3/c1-16(41)39-8-6-17(7-9-39)25(42)40-14-22(23-5-4-20(29)13-36-23)24(15-40)38(3)26(43)37(2)21-11-18(27(30,31)32)10-19(12-21)28(33,34)35/h4-5,10-13,17,22,24H,6-9,14-15H2,1-3H3/t22-,24-/m1/s1. The van der Waals surface area contributed by atoms with E-state index in [0.29, 0.717) is 48.7 Å². The molecule has 15 heteroatoms. The molecule has 4 rings (SSSR count). The molecule has 2 atom stereocenters. The van der Waals surface area contributed by atoms with Crippen molar-refractivity contribution < 1.29 is 45.1 Å². The molecule has 2 aromatic rings. The summed E-state index contributed by atoms with van der Waals surface area (Å²) in [6.45, 7) is 2.36. The highest BCUT2D eigenvalue weighted by Crippen LogP contribution is 2.39. The van der Waals surface area contributed by atoms with Gasteiger partial charge in [-0.1, -0.05) is 0 Å². The maximum Gasteiger partial charge on any atom is 0.416 e. The van der Waals surface area contributed by atoms with E-state index in [9.17, 15) is 45.1 Å². The van der Waals surface area contributed by atoms with Gasteiger partial charge in [-0.2, -0.15) is 26.3 Å². The Kier molecular flexibility index (Phi) is 8.93. The van der Waals surface area contributed by atoms with E-state index in [4.69, 9.17) is 0 Å². The molecular weight excluding hydrogens is 587 g/mol. The van der Waals surface area contributed by atoms with Crippen LogP contribution in [0.15, 0.2) is 36.5 Å². The van der Waals surface area contributed by atoms with Crippen molar-refractivity contribution in [2.45, 2.75) is 44.1 Å². The fraction of sp³-hybridized carbons (Fsp3) is 0.500. The molecule has 2 aliphatic rings. The van der Waals surface area contributed by atoms with Gasteiger partial charge in [0.25, 0.3) is 0 Å². The first-order chi connectivity index (χ1) is 20.0. The summed E-state index contributed by atoms with van der Waals surface area (Å²) < 4.78 is 94.2. The number of aromatic nitrogens is 1. The van der Waals surface area contributed by atoms with Gasteiger partial charge in [-0.05, 0) is 43.2 Å². The number of piperidine rings is 1. The monoisotopic (exact) mass is 617 g/mol. The van der Waals surface area contributed by atoms with E-state index in [1.807, 2.05) is 0 Å². The zero-order valence-electron chi connectivity index (χ0n) is 23.5. The van der Waals surface area contributed by atoms with Crippen molar-refractivity contribution >= 4 is 23.5 Å². The maximum atomic E-state index is 13.6. The third-order valence-electron chi connectivity index (χ3n) is 8.07. The Morgan fingerprint density at radius 1 is 0.884 bits per heavy atom. The number of likely N-dealkylation sites (tertiary alicyclic amines) is 2. The molecule has 3 heterocycles. The van der Waals surface area contributed by atoms with Crippen LogP contribution in [0.5, 0.6) is 0 Å². The Balaban J connectivity index is 1.61. The largest absolute Gasteiger partial charge is 0.416 e. The minimum Gasteiger partial charge on any atom is -0.343 e. The topological polar surface area (TPSA) is 77.1 Å². The molecular formula is C28H30F7N5O3. The van der Waals surface area contributed by atoms with Crippen LogP contribution in [0.3, 0.4) is 0 Å². The van der Waals surface area contributed by atoms with Crippen LogP contribution in [-0.2, 0) is 21.9 Å². The number of rotatable bonds is 4. The van der Waals surface area contributed by atoms with Crippen LogP contribution in [0, 0.1) is 11.7 Å². The number of urea groups is 1. The average Bonchev–Trinajstić information content (AvgIpc) is 3.40. The molecule has 1 aromatic carbocycles. The number of hydrogen-bond donors (Lipinski definition) is 0. The second-order valence-corrected chi connectivity index (χ2v) is 10.8. The van der Waals surface area contributed by atoms with Crippen molar-refractivity contribution in [1.29, 1.82) is 0 Å². The molecule has 0 bridgehead atoms. The lowest BCUT2D eigenvalue weighted by Gasteiger charge is -2.33. The van der Waals surface area contributed by atoms with E-state index in [1.54, 1.807) is 4.90 Å². The lowest BCUT2D eigenvalue weighted by Crippen LogP contribution is -2.48. The van der Waals surface area contributed by atoms with Gasteiger partial charge in [-0.3, -0.25) is 19.5 Å². The Morgan fingerprint density at radius 2 is 1.47 bits per heavy atom. The van der Waals surface area contributed by atoms with E-state index in [1.165, 1.54) is 24.9 Å². The summed E-state index contributed by atoms with van der Waals surface area (Å²) in [7, 11) is 2.39. The Hall–Kier alpha value is -3.91. The van der Waals surface area contributed by atoms with Gasteiger partial charge in [0.15, 0.2) is 0 Å². The van der Waals surface area contributed by atoms with Crippen molar-refractivity contribution in [3.63, 3.8) is 0 Å². The second-order valence-electron chi connectivity index (χ2n) is 10.8. The lowest BCUT2D eigenvalue weighted by molar-refractivity contribution is -0.143. The number of nitrogens with zero attached hydrogens (tertiary/aromatic N) is 5. The molecule has 2 saturated heterocycles. The highest BCUT2D eigenvalue weighted by molar-refractivity contribution is 5.92. The quantitative estimate of drug-likeness (QED) is 0.453. The average molecular weight is 618 g/mol. The number of carbonyl (C=O) groups is 3. The lowest BCUT2D eigenvalue weighted by atomic mass is 9.95. The fourth-order valence-corrected chi connectivity index (χ4v) is 5.58. The van der Waals surface area contributed by atoms with Crippen molar-refractivity contribution in [2.75, 3.05) is 45.2 Å². The first-order valence-corrected chi connectivity index (χ1v) is 13.4. The number of likely N-dealkylation sites (N-methyl/N-ethyl adjacent to an activating group) is 1. The van der Waals surface area contributed by atoms with Gasteiger partial charge in [-0.15, -0.1) is 0 Å². The van der Waals surface area contributed by atoms with Crippen LogP contribution >= 0.6 is 0 Å². The molecule has 0 radical (unpaired) electrons. The van der Waals surface area contributed by atoms with Crippen molar-refractivity contribution in [2.24, 2.45) is 5.92 Å². The van der Waals surface area contributed by atoms with E-state index in [2.05, 4.69) is 4.98 Å². The summed E-state index contributed by atoms with van der Waals surface area (Å²) >= 11 is 0. The number of hydrogen-bond acceptors (Lipinski definition) is 4. The minimum atomic E-state index is -5.10. The molecule has 1 aromatic heterocycles. The summed E-state index contributed by atoms with van der Waals surface area (Å²) in [6, 6.07) is 1.74. The van der Waals surface area contributed by atoms with Crippen LogP contribution < -0.4 is 4.90 Å². The molecule has 234 valence electrons. The predicted molar refractivity (Wildman–Crippen MR) is 140 cm³/mol. The van der Waals surface area contributed by atoms with Gasteiger partial charge >= 0.3 is 18.4 Å². The van der Waals surface area contributed by atoms with Gasteiger partial charge in [0.05, 0.1) is 23.4 Å². The number of amides is 4. The number of anilines is 1. The smallest absolute Gasteiger partial charge is 0.343 e. The van der Waals surface area contributed by atoms with E-state index in [-0.39, 0.29) is 36.9 Å². The van der Waals surface area contributed by atoms with Gasteiger partial charge < -0.3 is 14.7 Å². The van der Waals surface area contributed by atoms with Crippen molar-refractivity contribution in [1.82, 2.24) is 19.7 Å². The Bertz CT molecular complexity index is 1330. The summed E-state index contributed by atoms with van der Waals surface area (Å²) in [6.07, 6.45) is -8.35. The molecule has 0 spiro atoms. The van der Waals surface area contributed by atoms with Gasteiger partial charge in [0, 0.05) is 70.4 Å². The molecule has 8 nitrogen and oxygen atoms in total. The molecule has 0 unspecified atom stereocenters. The Labute approximate surface area is 243 Å². The van der Waals surface area contributed by atoms with Crippen LogP contribution in [0.4, 0.5) is 41.2 Å². The van der Waals surface area contributed by atoms with Gasteiger partial charge in [0.1, 0.15) is 5.82 Å². The highest BCUT2D eigenvalue weighted by Gasteiger charge is 2.44. The first-order valence-electron chi connectivity index (χ1n) is 13.4. The minimum absolute atomic E-state index is 0.00194. The van der Waals surface area contributed by atoms with Crippen molar-refractivity contribution in [3.8, 4) is 0 Å². The number of carbonyl (C=O) groups excluding carboxylic acids is 3. The summed E-state index contributed by atoms with van der Waals surface area (Å²) in [5, 5.41) is 0. The number of pyridine rings is 1. The molecule has 0 aliphatic carbocycles. The number of alkyl halides is 6. The summed E-state index contributed by atoms with van der Waals surface area (Å²) in [5.41, 5.74) is -3.41. The number of benzene rings is 1. The van der Waals surface area contributed by atoms with Gasteiger partial charge in [-0.25, -0.2) is 9.18 Å². The van der Waals surface area contributed by atoms with E-state index in [0.717, 1.165) is 24.2 Å². The summed E-state index contributed by atoms with van der Waals surface area (Å²) in [4.78, 5) is 47.8. The Morgan fingerprint density at radius 3 is 1.95 bits per heavy atom. The molecule has 43 heavy (non-hydrogen) atoms. The molecule has 2 fully saturated rings. The molecule has 2 aliphatic heterocycles. The van der Waals surface area contributed by atoms with Crippen LogP contribution in [0.25, 0.3) is 0 Å².